The number of carbonyl (C=O) groups excluding carboxylic acids is 1. The van der Waals surface area contributed by atoms with E-state index >= 15 is 0 Å². The van der Waals surface area contributed by atoms with Crippen LogP contribution in [-0.4, -0.2) is 50.9 Å². The smallest absolute Gasteiger partial charge is 0.271 e. The van der Waals surface area contributed by atoms with Gasteiger partial charge in [0.2, 0.25) is 0 Å². The summed E-state index contributed by atoms with van der Waals surface area (Å²) in [5, 5.41) is 14.7. The zero-order valence-electron chi connectivity index (χ0n) is 14.7. The standard InChI is InChI=1S/C19H20ClN5O2/c20-15-3-1-2-4-18(15)27-10-7-14-11-17(24-22-14)13-6-9-25(12-13)19(26)16-5-8-21-23-16/h1-5,8,11,13H,6-7,9-10,12H2,(H,21,23)(H,22,24)/t13-/m1/s1. The van der Waals surface area contributed by atoms with Crippen LogP contribution in [0.25, 0.3) is 0 Å². The molecule has 1 saturated heterocycles. The topological polar surface area (TPSA) is 86.9 Å². The van der Waals surface area contributed by atoms with Gasteiger partial charge in [-0.2, -0.15) is 10.2 Å². The van der Waals surface area contributed by atoms with E-state index in [2.05, 4.69) is 26.5 Å². The Morgan fingerprint density at radius 3 is 3.00 bits per heavy atom. The van der Waals surface area contributed by atoms with Gasteiger partial charge in [-0.3, -0.25) is 15.0 Å². The van der Waals surface area contributed by atoms with E-state index in [-0.39, 0.29) is 11.8 Å². The van der Waals surface area contributed by atoms with Crippen molar-refractivity contribution in [2.45, 2.75) is 18.8 Å². The van der Waals surface area contributed by atoms with E-state index in [0.717, 1.165) is 24.4 Å². The van der Waals surface area contributed by atoms with Gasteiger partial charge in [-0.05, 0) is 30.7 Å². The Labute approximate surface area is 161 Å². The maximum atomic E-state index is 12.4. The molecule has 3 heterocycles. The molecule has 0 aliphatic carbocycles. The average molecular weight is 386 g/mol. The highest BCUT2D eigenvalue weighted by Crippen LogP contribution is 2.27. The first-order chi connectivity index (χ1) is 13.2. The Bertz CT molecular complexity index is 908. The van der Waals surface area contributed by atoms with Crippen LogP contribution in [0.2, 0.25) is 5.02 Å². The van der Waals surface area contributed by atoms with Gasteiger partial charge >= 0.3 is 0 Å². The molecule has 7 nitrogen and oxygen atoms in total. The van der Waals surface area contributed by atoms with Crippen molar-refractivity contribution in [3.8, 4) is 5.75 Å². The van der Waals surface area contributed by atoms with Crippen LogP contribution in [0.4, 0.5) is 0 Å². The number of amides is 1. The number of likely N-dealkylation sites (tertiary alicyclic amines) is 1. The van der Waals surface area contributed by atoms with Crippen LogP contribution in [0.15, 0.2) is 42.6 Å². The zero-order valence-corrected chi connectivity index (χ0v) is 15.4. The summed E-state index contributed by atoms with van der Waals surface area (Å²) < 4.78 is 5.72. The minimum atomic E-state index is -0.0149. The molecule has 140 valence electrons. The van der Waals surface area contributed by atoms with Crippen LogP contribution in [0.3, 0.4) is 0 Å². The second-order valence-corrected chi connectivity index (χ2v) is 6.96. The van der Waals surface area contributed by atoms with Gasteiger partial charge in [-0.15, -0.1) is 0 Å². The van der Waals surface area contributed by atoms with Gasteiger partial charge in [0.1, 0.15) is 11.4 Å². The molecule has 27 heavy (non-hydrogen) atoms. The van der Waals surface area contributed by atoms with Crippen molar-refractivity contribution in [1.29, 1.82) is 0 Å². The fourth-order valence-corrected chi connectivity index (χ4v) is 3.47. The molecule has 1 aromatic carbocycles. The van der Waals surface area contributed by atoms with E-state index in [1.807, 2.05) is 29.2 Å². The van der Waals surface area contributed by atoms with Gasteiger partial charge in [0.25, 0.3) is 5.91 Å². The molecule has 2 aromatic heterocycles. The molecule has 1 atom stereocenters. The number of hydrogen-bond acceptors (Lipinski definition) is 4. The summed E-state index contributed by atoms with van der Waals surface area (Å²) in [4.78, 5) is 14.2. The Hall–Kier alpha value is -2.80. The third kappa shape index (κ3) is 3.98. The Kier molecular flexibility index (Phi) is 5.11. The lowest BCUT2D eigenvalue weighted by Gasteiger charge is -2.14. The molecule has 3 aromatic rings. The van der Waals surface area contributed by atoms with E-state index in [9.17, 15) is 4.79 Å². The molecule has 0 spiro atoms. The van der Waals surface area contributed by atoms with Gasteiger partial charge < -0.3 is 9.64 Å². The molecule has 8 heteroatoms. The lowest BCUT2D eigenvalue weighted by Crippen LogP contribution is -2.28. The Morgan fingerprint density at radius 1 is 1.30 bits per heavy atom. The fraction of sp³-hybridized carbons (Fsp3) is 0.316. The van der Waals surface area contributed by atoms with Crippen LogP contribution >= 0.6 is 11.6 Å². The number of carbonyl (C=O) groups is 1. The normalized spacial score (nSPS) is 16.6. The van der Waals surface area contributed by atoms with Gasteiger partial charge in [-0.1, -0.05) is 23.7 Å². The van der Waals surface area contributed by atoms with E-state index < -0.39 is 0 Å². The number of halogens is 1. The van der Waals surface area contributed by atoms with Gasteiger partial charge in [-0.25, -0.2) is 0 Å². The number of aromatic nitrogens is 4. The summed E-state index contributed by atoms with van der Waals surface area (Å²) in [5.74, 6) is 0.910. The molecule has 0 bridgehead atoms. The SMILES string of the molecule is O=C(c1ccn[nH]1)N1CC[C@@H](c2cc(CCOc3ccccc3Cl)[nH]n2)C1. The summed E-state index contributed by atoms with van der Waals surface area (Å²) in [6, 6.07) is 11.2. The van der Waals surface area contributed by atoms with Crippen LogP contribution in [0, 0.1) is 0 Å². The minimum absolute atomic E-state index is 0.0149. The van der Waals surface area contributed by atoms with Crippen molar-refractivity contribution in [3.05, 3.63) is 64.7 Å². The number of hydrogen-bond donors (Lipinski definition) is 2. The minimum Gasteiger partial charge on any atom is -0.492 e. The molecular formula is C19H20ClN5O2. The number of nitrogens with zero attached hydrogens (tertiary/aromatic N) is 3. The summed E-state index contributed by atoms with van der Waals surface area (Å²) in [7, 11) is 0. The molecule has 1 aliphatic heterocycles. The molecular weight excluding hydrogens is 366 g/mol. The molecule has 0 unspecified atom stereocenters. The molecule has 1 fully saturated rings. The lowest BCUT2D eigenvalue weighted by atomic mass is 10.0. The summed E-state index contributed by atoms with van der Waals surface area (Å²) in [6.07, 6.45) is 3.20. The van der Waals surface area contributed by atoms with Crippen LogP contribution in [0.1, 0.15) is 34.2 Å². The predicted octanol–water partition coefficient (Wildman–Crippen LogP) is 3.04. The molecule has 1 amide bonds. The van der Waals surface area contributed by atoms with Crippen LogP contribution in [-0.2, 0) is 6.42 Å². The Morgan fingerprint density at radius 2 is 2.19 bits per heavy atom. The van der Waals surface area contributed by atoms with Gasteiger partial charge in [0.05, 0.1) is 17.3 Å². The first-order valence-electron chi connectivity index (χ1n) is 8.91. The van der Waals surface area contributed by atoms with E-state index in [0.29, 0.717) is 36.0 Å². The molecule has 0 saturated carbocycles. The van der Waals surface area contributed by atoms with E-state index in [4.69, 9.17) is 16.3 Å². The number of rotatable bonds is 6. The zero-order chi connectivity index (χ0) is 18.6. The first kappa shape index (κ1) is 17.6. The highest BCUT2D eigenvalue weighted by Gasteiger charge is 2.29. The highest BCUT2D eigenvalue weighted by atomic mass is 35.5. The predicted molar refractivity (Wildman–Crippen MR) is 101 cm³/mol. The number of nitrogens with one attached hydrogen (secondary N) is 2. The number of H-pyrrole nitrogens is 2. The summed E-state index contributed by atoms with van der Waals surface area (Å²) in [5.41, 5.74) is 2.52. The largest absolute Gasteiger partial charge is 0.492 e. The maximum absolute atomic E-state index is 12.4. The first-order valence-corrected chi connectivity index (χ1v) is 9.28. The highest BCUT2D eigenvalue weighted by molar-refractivity contribution is 6.32. The third-order valence-corrected chi connectivity index (χ3v) is 5.05. The van der Waals surface area contributed by atoms with Crippen molar-refractivity contribution in [1.82, 2.24) is 25.3 Å². The van der Waals surface area contributed by atoms with Crippen molar-refractivity contribution < 1.29 is 9.53 Å². The quantitative estimate of drug-likeness (QED) is 0.682. The van der Waals surface area contributed by atoms with Crippen LogP contribution < -0.4 is 4.74 Å². The third-order valence-electron chi connectivity index (χ3n) is 4.74. The summed E-state index contributed by atoms with van der Waals surface area (Å²) in [6.45, 7) is 1.90. The lowest BCUT2D eigenvalue weighted by molar-refractivity contribution is 0.0785. The van der Waals surface area contributed by atoms with Crippen molar-refractivity contribution in [2.24, 2.45) is 0 Å². The fourth-order valence-electron chi connectivity index (χ4n) is 3.28. The van der Waals surface area contributed by atoms with Gasteiger partial charge in [0, 0.05) is 37.3 Å². The molecule has 0 radical (unpaired) electrons. The number of para-hydroxylation sites is 1. The van der Waals surface area contributed by atoms with E-state index in [1.165, 1.54) is 0 Å². The Balaban J connectivity index is 1.30. The maximum Gasteiger partial charge on any atom is 0.271 e. The number of ether oxygens (including phenoxy) is 1. The average Bonchev–Trinajstić information content (AvgIpc) is 3.44. The molecule has 4 rings (SSSR count). The van der Waals surface area contributed by atoms with Crippen molar-refractivity contribution in [3.63, 3.8) is 0 Å². The van der Waals surface area contributed by atoms with Crippen molar-refractivity contribution >= 4 is 17.5 Å². The number of aromatic amines is 2. The second-order valence-electron chi connectivity index (χ2n) is 6.55. The van der Waals surface area contributed by atoms with Crippen LogP contribution in [0.5, 0.6) is 5.75 Å². The number of benzene rings is 1. The monoisotopic (exact) mass is 385 g/mol. The summed E-state index contributed by atoms with van der Waals surface area (Å²) >= 11 is 6.09. The van der Waals surface area contributed by atoms with E-state index in [1.54, 1.807) is 12.3 Å². The second kappa shape index (κ2) is 7.84. The van der Waals surface area contributed by atoms with Gasteiger partial charge in [0.15, 0.2) is 0 Å². The molecule has 1 aliphatic rings. The molecule has 2 N–H and O–H groups in total. The van der Waals surface area contributed by atoms with Crippen molar-refractivity contribution in [2.75, 3.05) is 19.7 Å².